The lowest BCUT2D eigenvalue weighted by molar-refractivity contribution is 0.211. The van der Waals surface area contributed by atoms with Crippen LogP contribution in [0, 0.1) is 0 Å². The van der Waals surface area contributed by atoms with Crippen LogP contribution in [0.25, 0.3) is 0 Å². The summed E-state index contributed by atoms with van der Waals surface area (Å²) in [5.41, 5.74) is 8.82. The molecule has 0 bridgehead atoms. The van der Waals surface area contributed by atoms with Crippen molar-refractivity contribution in [1.82, 2.24) is 14.9 Å². The van der Waals surface area contributed by atoms with Crippen molar-refractivity contribution in [2.45, 2.75) is 31.8 Å². The maximum Gasteiger partial charge on any atom is 0.0511 e. The first-order valence-electron chi connectivity index (χ1n) is 7.47. The predicted molar refractivity (Wildman–Crippen MR) is 85.8 cm³/mol. The lowest BCUT2D eigenvalue weighted by atomic mass is 9.97. The van der Waals surface area contributed by atoms with E-state index in [0.29, 0.717) is 0 Å². The molecule has 0 aliphatic rings. The van der Waals surface area contributed by atoms with E-state index in [4.69, 9.17) is 5.73 Å². The van der Waals surface area contributed by atoms with Crippen LogP contribution in [0.3, 0.4) is 0 Å². The molecule has 0 fully saturated rings. The summed E-state index contributed by atoms with van der Waals surface area (Å²) in [4.78, 5) is 10.6. The van der Waals surface area contributed by atoms with E-state index in [9.17, 15) is 0 Å². The molecule has 112 valence electrons. The summed E-state index contributed by atoms with van der Waals surface area (Å²) in [6.45, 7) is 3.09. The second-order valence-electron chi connectivity index (χ2n) is 5.39. The van der Waals surface area contributed by atoms with Gasteiger partial charge in [0.15, 0.2) is 0 Å². The topological polar surface area (TPSA) is 55.0 Å². The van der Waals surface area contributed by atoms with Gasteiger partial charge in [-0.05, 0) is 49.2 Å². The fourth-order valence-electron chi connectivity index (χ4n) is 2.60. The van der Waals surface area contributed by atoms with Gasteiger partial charge in [-0.3, -0.25) is 14.9 Å². The fourth-order valence-corrected chi connectivity index (χ4v) is 2.60. The first-order chi connectivity index (χ1) is 10.2. The van der Waals surface area contributed by atoms with Crippen LogP contribution in [-0.2, 0) is 6.42 Å². The minimum Gasteiger partial charge on any atom is -0.326 e. The third kappa shape index (κ3) is 4.34. The van der Waals surface area contributed by atoms with Gasteiger partial charge in [0, 0.05) is 37.4 Å². The third-order valence-electron chi connectivity index (χ3n) is 3.88. The number of aromatic nitrogens is 2. The number of likely N-dealkylation sites (N-methyl/N-ethyl adjacent to an activating group) is 1. The molecule has 0 aliphatic heterocycles. The first kappa shape index (κ1) is 15.6. The highest BCUT2D eigenvalue weighted by molar-refractivity contribution is 5.17. The van der Waals surface area contributed by atoms with Gasteiger partial charge in [0.05, 0.1) is 6.04 Å². The Balaban J connectivity index is 2.06. The molecule has 2 rings (SSSR count). The van der Waals surface area contributed by atoms with Crippen molar-refractivity contribution in [2.75, 3.05) is 13.6 Å². The Hall–Kier alpha value is -1.78. The Morgan fingerprint density at radius 1 is 1.14 bits per heavy atom. The van der Waals surface area contributed by atoms with Crippen LogP contribution in [0.1, 0.15) is 30.5 Å². The normalized spacial score (nSPS) is 14.1. The van der Waals surface area contributed by atoms with E-state index in [0.717, 1.165) is 19.4 Å². The van der Waals surface area contributed by atoms with Crippen LogP contribution in [0.15, 0.2) is 49.1 Å². The lowest BCUT2D eigenvalue weighted by Crippen LogP contribution is -2.39. The van der Waals surface area contributed by atoms with E-state index < -0.39 is 0 Å². The van der Waals surface area contributed by atoms with E-state index in [-0.39, 0.29) is 12.1 Å². The summed E-state index contributed by atoms with van der Waals surface area (Å²) in [5, 5.41) is 0. The van der Waals surface area contributed by atoms with Gasteiger partial charge in [0.25, 0.3) is 0 Å². The second kappa shape index (κ2) is 7.86. The summed E-state index contributed by atoms with van der Waals surface area (Å²) in [6.07, 6.45) is 9.33. The smallest absolute Gasteiger partial charge is 0.0511 e. The Bertz CT molecular complexity index is 515. The molecule has 0 aliphatic carbocycles. The highest BCUT2D eigenvalue weighted by atomic mass is 15.1. The third-order valence-corrected chi connectivity index (χ3v) is 3.88. The summed E-state index contributed by atoms with van der Waals surface area (Å²) in [7, 11) is 2.13. The molecular formula is C17H24N4. The standard InChI is InChI=1S/C17H24N4/c1-3-16(18)17(15-5-4-9-20-13-15)21(2)12-8-14-6-10-19-11-7-14/h4-7,9-11,13,16-17H,3,8,12,18H2,1-2H3. The zero-order chi connectivity index (χ0) is 15.1. The van der Waals surface area contributed by atoms with Crippen LogP contribution < -0.4 is 5.73 Å². The summed E-state index contributed by atoms with van der Waals surface area (Å²) >= 11 is 0. The highest BCUT2D eigenvalue weighted by Gasteiger charge is 2.22. The fraction of sp³-hybridized carbons (Fsp3) is 0.412. The van der Waals surface area contributed by atoms with Gasteiger partial charge < -0.3 is 5.73 Å². The maximum absolute atomic E-state index is 6.34. The quantitative estimate of drug-likeness (QED) is 0.848. The Kier molecular flexibility index (Phi) is 5.84. The molecule has 0 saturated carbocycles. The van der Waals surface area contributed by atoms with Crippen LogP contribution in [0.2, 0.25) is 0 Å². The lowest BCUT2D eigenvalue weighted by Gasteiger charge is -2.32. The maximum atomic E-state index is 6.34. The van der Waals surface area contributed by atoms with Crippen molar-refractivity contribution < 1.29 is 0 Å². The van der Waals surface area contributed by atoms with Gasteiger partial charge in [-0.25, -0.2) is 0 Å². The van der Waals surface area contributed by atoms with Crippen molar-refractivity contribution in [2.24, 2.45) is 5.73 Å². The second-order valence-corrected chi connectivity index (χ2v) is 5.39. The highest BCUT2D eigenvalue weighted by Crippen LogP contribution is 2.23. The SMILES string of the molecule is CCC(N)C(c1cccnc1)N(C)CCc1ccncc1. The van der Waals surface area contributed by atoms with Gasteiger partial charge in [0.2, 0.25) is 0 Å². The van der Waals surface area contributed by atoms with E-state index in [1.54, 1.807) is 6.20 Å². The van der Waals surface area contributed by atoms with Crippen molar-refractivity contribution in [3.8, 4) is 0 Å². The predicted octanol–water partition coefficient (Wildman–Crippen LogP) is 2.43. The molecular weight excluding hydrogens is 260 g/mol. The summed E-state index contributed by atoms with van der Waals surface area (Å²) < 4.78 is 0. The number of pyridine rings is 2. The molecule has 0 amide bonds. The van der Waals surface area contributed by atoms with Crippen molar-refractivity contribution in [3.05, 3.63) is 60.2 Å². The number of nitrogens with two attached hydrogens (primary N) is 1. The average molecular weight is 284 g/mol. The molecule has 4 heteroatoms. The van der Waals surface area contributed by atoms with Gasteiger partial charge >= 0.3 is 0 Å². The Morgan fingerprint density at radius 2 is 1.90 bits per heavy atom. The minimum atomic E-state index is 0.108. The number of rotatable bonds is 7. The van der Waals surface area contributed by atoms with Crippen molar-refractivity contribution in [3.63, 3.8) is 0 Å². The van der Waals surface area contributed by atoms with Gasteiger partial charge in [-0.15, -0.1) is 0 Å². The van der Waals surface area contributed by atoms with Crippen LogP contribution in [0.4, 0.5) is 0 Å². The van der Waals surface area contributed by atoms with Crippen LogP contribution in [0.5, 0.6) is 0 Å². The largest absolute Gasteiger partial charge is 0.326 e. The van der Waals surface area contributed by atoms with Crippen LogP contribution in [-0.4, -0.2) is 34.5 Å². The molecule has 0 aromatic carbocycles. The van der Waals surface area contributed by atoms with E-state index in [2.05, 4.69) is 47.0 Å². The molecule has 2 N–H and O–H groups in total. The molecule has 2 aromatic heterocycles. The molecule has 2 atom stereocenters. The number of nitrogens with zero attached hydrogens (tertiary/aromatic N) is 3. The molecule has 2 unspecified atom stereocenters. The van der Waals surface area contributed by atoms with Gasteiger partial charge in [0.1, 0.15) is 0 Å². The summed E-state index contributed by atoms with van der Waals surface area (Å²) in [5.74, 6) is 0. The molecule has 2 aromatic rings. The molecule has 2 heterocycles. The van der Waals surface area contributed by atoms with Crippen molar-refractivity contribution in [1.29, 1.82) is 0 Å². The minimum absolute atomic E-state index is 0.108. The van der Waals surface area contributed by atoms with Crippen LogP contribution >= 0.6 is 0 Å². The van der Waals surface area contributed by atoms with E-state index in [1.165, 1.54) is 11.1 Å². The van der Waals surface area contributed by atoms with E-state index in [1.807, 2.05) is 24.7 Å². The average Bonchev–Trinajstić information content (AvgIpc) is 2.55. The molecule has 0 radical (unpaired) electrons. The Morgan fingerprint density at radius 3 is 2.52 bits per heavy atom. The Labute approximate surface area is 127 Å². The molecule has 4 nitrogen and oxygen atoms in total. The zero-order valence-corrected chi connectivity index (χ0v) is 12.8. The van der Waals surface area contributed by atoms with Gasteiger partial charge in [-0.1, -0.05) is 13.0 Å². The first-order valence-corrected chi connectivity index (χ1v) is 7.47. The zero-order valence-electron chi connectivity index (χ0n) is 12.8. The molecule has 21 heavy (non-hydrogen) atoms. The number of hydrogen-bond donors (Lipinski definition) is 1. The van der Waals surface area contributed by atoms with Crippen molar-refractivity contribution >= 4 is 0 Å². The summed E-state index contributed by atoms with van der Waals surface area (Å²) in [6, 6.07) is 8.51. The van der Waals surface area contributed by atoms with Gasteiger partial charge in [-0.2, -0.15) is 0 Å². The van der Waals surface area contributed by atoms with E-state index >= 15 is 0 Å². The molecule has 0 spiro atoms. The number of hydrogen-bond acceptors (Lipinski definition) is 4. The monoisotopic (exact) mass is 284 g/mol. The molecule has 0 saturated heterocycles.